The van der Waals surface area contributed by atoms with Gasteiger partial charge >= 0.3 is 5.97 Å². The maximum atomic E-state index is 12.2. The fourth-order valence-electron chi connectivity index (χ4n) is 4.04. The number of aliphatic hydroxyl groups is 4. The standard InChI is InChI=1S/C18H28O8/c1-2-3-6-10-13-9(17(23)24-10)5-4-7-11(13)25-18-16(22)15(21)14(20)12(8-19)26-18/h4-5,9-16,18-22H,2-3,6-8H2,1H3/t9?,10?,11?,12-,13?,14-,15+,16-,18-/m1/s1. The molecule has 2 fully saturated rings. The molecule has 0 aromatic carbocycles. The average molecular weight is 372 g/mol. The summed E-state index contributed by atoms with van der Waals surface area (Å²) in [7, 11) is 0. The minimum absolute atomic E-state index is 0.189. The number of cyclic esters (lactones) is 1. The van der Waals surface area contributed by atoms with E-state index < -0.39 is 43.4 Å². The predicted molar refractivity (Wildman–Crippen MR) is 88.8 cm³/mol. The van der Waals surface area contributed by atoms with E-state index in [9.17, 15) is 25.2 Å². The van der Waals surface area contributed by atoms with Crippen LogP contribution in [0.4, 0.5) is 0 Å². The molecule has 3 aliphatic rings. The highest BCUT2D eigenvalue weighted by Crippen LogP contribution is 2.41. The minimum atomic E-state index is -1.49. The van der Waals surface area contributed by atoms with Crippen LogP contribution in [0.15, 0.2) is 12.2 Å². The molecule has 26 heavy (non-hydrogen) atoms. The van der Waals surface area contributed by atoms with Crippen molar-refractivity contribution >= 4 is 5.97 Å². The summed E-state index contributed by atoms with van der Waals surface area (Å²) in [6.45, 7) is 1.55. The largest absolute Gasteiger partial charge is 0.461 e. The van der Waals surface area contributed by atoms with Crippen LogP contribution in [0.3, 0.4) is 0 Å². The number of carbonyl (C=O) groups excluding carboxylic acids is 1. The highest BCUT2D eigenvalue weighted by molar-refractivity contribution is 5.77. The van der Waals surface area contributed by atoms with Gasteiger partial charge in [0.15, 0.2) is 6.29 Å². The third-order valence-corrected chi connectivity index (χ3v) is 5.52. The van der Waals surface area contributed by atoms with Crippen molar-refractivity contribution in [1.82, 2.24) is 0 Å². The summed E-state index contributed by atoms with van der Waals surface area (Å²) in [6.07, 6.45) is -0.419. The lowest BCUT2D eigenvalue weighted by Gasteiger charge is -2.42. The molecule has 9 atom stereocenters. The molecule has 1 aliphatic carbocycles. The quantitative estimate of drug-likeness (QED) is 0.362. The Labute approximate surface area is 152 Å². The molecule has 2 heterocycles. The van der Waals surface area contributed by atoms with E-state index in [0.29, 0.717) is 6.42 Å². The molecule has 2 aliphatic heterocycles. The van der Waals surface area contributed by atoms with E-state index in [4.69, 9.17) is 14.2 Å². The van der Waals surface area contributed by atoms with Gasteiger partial charge in [-0.05, 0) is 12.8 Å². The lowest BCUT2D eigenvalue weighted by molar-refractivity contribution is -0.316. The van der Waals surface area contributed by atoms with E-state index in [2.05, 4.69) is 6.92 Å². The molecule has 0 aromatic heterocycles. The zero-order valence-corrected chi connectivity index (χ0v) is 14.8. The Balaban J connectivity index is 1.73. The molecule has 4 unspecified atom stereocenters. The number of unbranched alkanes of at least 4 members (excludes halogenated alkanes) is 1. The highest BCUT2D eigenvalue weighted by atomic mass is 16.7. The van der Waals surface area contributed by atoms with E-state index >= 15 is 0 Å². The normalized spacial score (nSPS) is 45.4. The lowest BCUT2D eigenvalue weighted by Crippen LogP contribution is -2.60. The molecule has 0 radical (unpaired) electrons. The summed E-state index contributed by atoms with van der Waals surface area (Å²) in [5.41, 5.74) is 0. The van der Waals surface area contributed by atoms with Crippen LogP contribution in [-0.4, -0.2) is 75.9 Å². The maximum absolute atomic E-state index is 12.2. The molecule has 0 saturated carbocycles. The first-order valence-corrected chi connectivity index (χ1v) is 9.31. The van der Waals surface area contributed by atoms with Gasteiger partial charge < -0.3 is 34.6 Å². The van der Waals surface area contributed by atoms with Gasteiger partial charge in [-0.2, -0.15) is 0 Å². The number of esters is 1. The first kappa shape index (κ1) is 19.7. The number of rotatable bonds is 6. The molecular weight excluding hydrogens is 344 g/mol. The summed E-state index contributed by atoms with van der Waals surface area (Å²) in [4.78, 5) is 12.2. The van der Waals surface area contributed by atoms with Gasteiger partial charge in [-0.25, -0.2) is 0 Å². The van der Waals surface area contributed by atoms with Crippen LogP contribution < -0.4 is 0 Å². The zero-order chi connectivity index (χ0) is 18.8. The zero-order valence-electron chi connectivity index (χ0n) is 14.8. The summed E-state index contributed by atoms with van der Waals surface area (Å²) >= 11 is 0. The van der Waals surface area contributed by atoms with E-state index in [1.54, 1.807) is 0 Å². The second-order valence-electron chi connectivity index (χ2n) is 7.26. The van der Waals surface area contributed by atoms with Gasteiger partial charge in [-0.3, -0.25) is 4.79 Å². The molecule has 2 saturated heterocycles. The topological polar surface area (TPSA) is 126 Å². The van der Waals surface area contributed by atoms with Gasteiger partial charge in [0.1, 0.15) is 30.5 Å². The Morgan fingerprint density at radius 3 is 2.65 bits per heavy atom. The molecule has 0 bridgehead atoms. The molecule has 148 valence electrons. The fourth-order valence-corrected chi connectivity index (χ4v) is 4.04. The second kappa shape index (κ2) is 8.33. The Morgan fingerprint density at radius 2 is 1.96 bits per heavy atom. The smallest absolute Gasteiger partial charge is 0.313 e. The van der Waals surface area contributed by atoms with Crippen LogP contribution >= 0.6 is 0 Å². The van der Waals surface area contributed by atoms with Crippen molar-refractivity contribution in [3.05, 3.63) is 12.2 Å². The average Bonchev–Trinajstić information content (AvgIpc) is 2.97. The van der Waals surface area contributed by atoms with Gasteiger partial charge in [0.25, 0.3) is 0 Å². The number of carbonyl (C=O) groups is 1. The fraction of sp³-hybridized carbons (Fsp3) is 0.833. The van der Waals surface area contributed by atoms with Crippen molar-refractivity contribution in [2.45, 2.75) is 75.5 Å². The summed E-state index contributed by atoms with van der Waals surface area (Å²) in [5, 5.41) is 39.3. The number of hydrogen-bond acceptors (Lipinski definition) is 8. The molecule has 0 amide bonds. The van der Waals surface area contributed by atoms with E-state index in [-0.39, 0.29) is 23.9 Å². The third kappa shape index (κ3) is 3.67. The first-order valence-electron chi connectivity index (χ1n) is 9.31. The summed E-state index contributed by atoms with van der Waals surface area (Å²) in [6, 6.07) is 0. The van der Waals surface area contributed by atoms with Crippen LogP contribution in [0.25, 0.3) is 0 Å². The molecule has 0 spiro atoms. The van der Waals surface area contributed by atoms with Crippen molar-refractivity contribution in [2.24, 2.45) is 11.8 Å². The Bertz CT molecular complexity index is 521. The number of fused-ring (bicyclic) bond motifs is 1. The van der Waals surface area contributed by atoms with Crippen molar-refractivity contribution in [1.29, 1.82) is 0 Å². The maximum Gasteiger partial charge on any atom is 0.313 e. The van der Waals surface area contributed by atoms with Crippen molar-refractivity contribution in [3.8, 4) is 0 Å². The van der Waals surface area contributed by atoms with Gasteiger partial charge in [0.2, 0.25) is 0 Å². The van der Waals surface area contributed by atoms with Crippen LogP contribution in [0.5, 0.6) is 0 Å². The summed E-state index contributed by atoms with van der Waals surface area (Å²) in [5.74, 6) is -0.846. The molecule has 8 nitrogen and oxygen atoms in total. The minimum Gasteiger partial charge on any atom is -0.461 e. The molecular formula is C18H28O8. The first-order chi connectivity index (χ1) is 12.5. The van der Waals surface area contributed by atoms with Gasteiger partial charge in [0, 0.05) is 5.92 Å². The lowest BCUT2D eigenvalue weighted by atomic mass is 9.79. The summed E-state index contributed by atoms with van der Waals surface area (Å²) < 4.78 is 16.9. The Kier molecular flexibility index (Phi) is 6.32. The predicted octanol–water partition coefficient (Wildman–Crippen LogP) is -0.521. The van der Waals surface area contributed by atoms with Crippen molar-refractivity contribution in [2.75, 3.05) is 6.61 Å². The van der Waals surface area contributed by atoms with Crippen molar-refractivity contribution < 1.29 is 39.4 Å². The van der Waals surface area contributed by atoms with Gasteiger partial charge in [-0.1, -0.05) is 31.9 Å². The molecule has 8 heteroatoms. The van der Waals surface area contributed by atoms with Gasteiger partial charge in [-0.15, -0.1) is 0 Å². The number of ether oxygens (including phenoxy) is 3. The monoisotopic (exact) mass is 372 g/mol. The van der Waals surface area contributed by atoms with E-state index in [1.807, 2.05) is 12.2 Å². The van der Waals surface area contributed by atoms with Crippen LogP contribution in [0.2, 0.25) is 0 Å². The van der Waals surface area contributed by atoms with E-state index in [1.165, 1.54) is 0 Å². The van der Waals surface area contributed by atoms with Crippen molar-refractivity contribution in [3.63, 3.8) is 0 Å². The number of hydrogen-bond donors (Lipinski definition) is 4. The van der Waals surface area contributed by atoms with Crippen LogP contribution in [0.1, 0.15) is 32.6 Å². The van der Waals surface area contributed by atoms with Crippen LogP contribution in [0, 0.1) is 11.8 Å². The SMILES string of the molecule is CCCCC1OC(=O)C2C=CCC(O[C@@H]3O[C@H](CO)[C@@H](O)[C@H](O)[C@H]3O)C12. The van der Waals surface area contributed by atoms with E-state index in [0.717, 1.165) is 19.3 Å². The molecule has 4 N–H and O–H groups in total. The van der Waals surface area contributed by atoms with Gasteiger partial charge in [0.05, 0.1) is 18.6 Å². The Hall–Kier alpha value is -1.03. The second-order valence-corrected chi connectivity index (χ2v) is 7.26. The number of aliphatic hydroxyl groups excluding tert-OH is 4. The highest BCUT2D eigenvalue weighted by Gasteiger charge is 2.51. The third-order valence-electron chi connectivity index (χ3n) is 5.52. The Morgan fingerprint density at radius 1 is 1.19 bits per heavy atom. The molecule has 3 rings (SSSR count). The molecule has 0 aromatic rings. The van der Waals surface area contributed by atoms with Crippen LogP contribution in [-0.2, 0) is 19.0 Å².